The van der Waals surface area contributed by atoms with Crippen LogP contribution in [0.1, 0.15) is 18.1 Å². The van der Waals surface area contributed by atoms with Gasteiger partial charge in [-0.15, -0.1) is 0 Å². The van der Waals surface area contributed by atoms with Crippen molar-refractivity contribution in [3.05, 3.63) is 33.8 Å². The van der Waals surface area contributed by atoms with Crippen LogP contribution in [-0.4, -0.2) is 17.0 Å². The summed E-state index contributed by atoms with van der Waals surface area (Å²) < 4.78 is 38.7. The van der Waals surface area contributed by atoms with Gasteiger partial charge in [-0.25, -0.2) is 0 Å². The van der Waals surface area contributed by atoms with Crippen LogP contribution in [0.15, 0.2) is 22.7 Å². The van der Waals surface area contributed by atoms with Crippen molar-refractivity contribution in [2.24, 2.45) is 5.92 Å². The van der Waals surface area contributed by atoms with Crippen molar-refractivity contribution in [3.63, 3.8) is 0 Å². The zero-order valence-electron chi connectivity index (χ0n) is 10.3. The Balaban J connectivity index is 2.89. The number of carboxylic acids is 1. The third-order valence-corrected chi connectivity index (χ3v) is 3.09. The predicted molar refractivity (Wildman–Crippen MR) is 67.8 cm³/mol. The van der Waals surface area contributed by atoms with E-state index in [1.54, 1.807) is 0 Å². The second kappa shape index (κ2) is 6.25. The van der Waals surface area contributed by atoms with E-state index in [0.717, 1.165) is 13.0 Å². The summed E-state index contributed by atoms with van der Waals surface area (Å²) in [5, 5.41) is 10.8. The van der Waals surface area contributed by atoms with Crippen molar-refractivity contribution in [2.45, 2.75) is 19.6 Å². The van der Waals surface area contributed by atoms with E-state index < -0.39 is 36.1 Å². The maximum atomic E-state index is 12.8. The Kier molecular flexibility index (Phi) is 5.15. The number of hydrogen-bond acceptors (Lipinski definition) is 2. The van der Waals surface area contributed by atoms with Crippen molar-refractivity contribution in [2.75, 3.05) is 0 Å². The molecule has 1 aromatic rings. The van der Waals surface area contributed by atoms with E-state index in [2.05, 4.69) is 21.2 Å². The third-order valence-electron chi connectivity index (χ3n) is 2.59. The molecule has 1 aromatic carbocycles. The first kappa shape index (κ1) is 16.5. The maximum absolute atomic E-state index is 12.8. The standard InChI is InChI=1S/C12H11BrF3NO3/c1-6(11(19)20)10(18)17-5-7-2-3-8(13)4-9(7)12(14,15)16/h2-4,6H,5H2,1H3,(H,17,18)(H,19,20). The summed E-state index contributed by atoms with van der Waals surface area (Å²) in [7, 11) is 0. The van der Waals surface area contributed by atoms with E-state index in [9.17, 15) is 22.8 Å². The van der Waals surface area contributed by atoms with E-state index in [1.165, 1.54) is 12.1 Å². The van der Waals surface area contributed by atoms with Gasteiger partial charge in [0.25, 0.3) is 0 Å². The molecule has 0 fully saturated rings. The molecular formula is C12H11BrF3NO3. The summed E-state index contributed by atoms with van der Waals surface area (Å²) in [6.45, 7) is 0.766. The molecule has 0 saturated heterocycles. The van der Waals surface area contributed by atoms with E-state index >= 15 is 0 Å². The average molecular weight is 354 g/mol. The highest BCUT2D eigenvalue weighted by molar-refractivity contribution is 9.10. The average Bonchev–Trinajstić information content (AvgIpc) is 2.34. The van der Waals surface area contributed by atoms with Gasteiger partial charge in [0.15, 0.2) is 0 Å². The summed E-state index contributed by atoms with van der Waals surface area (Å²) in [6, 6.07) is 3.54. The van der Waals surface area contributed by atoms with Crippen LogP contribution < -0.4 is 5.32 Å². The molecule has 1 rings (SSSR count). The molecule has 0 aliphatic rings. The lowest BCUT2D eigenvalue weighted by Gasteiger charge is -2.14. The summed E-state index contributed by atoms with van der Waals surface area (Å²) >= 11 is 2.95. The fraction of sp³-hybridized carbons (Fsp3) is 0.333. The number of carboxylic acid groups (broad SMARTS) is 1. The van der Waals surface area contributed by atoms with Crippen LogP contribution in [0.4, 0.5) is 13.2 Å². The topological polar surface area (TPSA) is 66.4 Å². The molecule has 0 aliphatic carbocycles. The highest BCUT2D eigenvalue weighted by atomic mass is 79.9. The first-order valence-corrected chi connectivity index (χ1v) is 6.28. The van der Waals surface area contributed by atoms with Crippen molar-refractivity contribution < 1.29 is 27.9 Å². The van der Waals surface area contributed by atoms with Crippen molar-refractivity contribution in [1.82, 2.24) is 5.32 Å². The Morgan fingerprint density at radius 1 is 1.40 bits per heavy atom. The number of aliphatic carboxylic acids is 1. The van der Waals surface area contributed by atoms with Gasteiger partial charge in [-0.1, -0.05) is 22.0 Å². The number of alkyl halides is 3. The van der Waals surface area contributed by atoms with Gasteiger partial charge in [0.05, 0.1) is 5.56 Å². The van der Waals surface area contributed by atoms with E-state index in [1.807, 2.05) is 0 Å². The molecule has 4 nitrogen and oxygen atoms in total. The summed E-state index contributed by atoms with van der Waals surface area (Å²) in [4.78, 5) is 22.0. The Morgan fingerprint density at radius 3 is 2.50 bits per heavy atom. The zero-order valence-corrected chi connectivity index (χ0v) is 11.9. The van der Waals surface area contributed by atoms with E-state index in [0.29, 0.717) is 0 Å². The molecule has 0 bridgehead atoms. The minimum atomic E-state index is -4.55. The number of carbonyl (C=O) groups excluding carboxylic acids is 1. The normalized spacial score (nSPS) is 12.8. The molecule has 8 heteroatoms. The lowest BCUT2D eigenvalue weighted by atomic mass is 10.1. The zero-order chi connectivity index (χ0) is 15.5. The Labute approximate surface area is 121 Å². The molecule has 0 aliphatic heterocycles. The second-order valence-electron chi connectivity index (χ2n) is 4.08. The van der Waals surface area contributed by atoms with Gasteiger partial charge in [-0.2, -0.15) is 13.2 Å². The maximum Gasteiger partial charge on any atom is 0.416 e. The molecule has 1 atom stereocenters. The number of rotatable bonds is 4. The van der Waals surface area contributed by atoms with Gasteiger partial charge < -0.3 is 10.4 Å². The smallest absolute Gasteiger partial charge is 0.416 e. The first-order valence-electron chi connectivity index (χ1n) is 5.49. The van der Waals surface area contributed by atoms with Crippen molar-refractivity contribution in [3.8, 4) is 0 Å². The van der Waals surface area contributed by atoms with Crippen LogP contribution >= 0.6 is 15.9 Å². The number of nitrogens with one attached hydrogen (secondary N) is 1. The monoisotopic (exact) mass is 353 g/mol. The molecule has 0 radical (unpaired) electrons. The largest absolute Gasteiger partial charge is 0.481 e. The lowest BCUT2D eigenvalue weighted by molar-refractivity contribution is -0.146. The highest BCUT2D eigenvalue weighted by Crippen LogP contribution is 2.33. The van der Waals surface area contributed by atoms with E-state index in [-0.39, 0.29) is 10.0 Å². The van der Waals surface area contributed by atoms with Crippen molar-refractivity contribution in [1.29, 1.82) is 0 Å². The second-order valence-corrected chi connectivity index (χ2v) is 4.99. The molecule has 20 heavy (non-hydrogen) atoms. The molecule has 0 saturated carbocycles. The van der Waals surface area contributed by atoms with Crippen LogP contribution in [-0.2, 0) is 22.3 Å². The summed E-state index contributed by atoms with van der Waals surface area (Å²) in [5.74, 6) is -3.50. The quantitative estimate of drug-likeness (QED) is 0.818. The highest BCUT2D eigenvalue weighted by Gasteiger charge is 2.33. The Hall–Kier alpha value is -1.57. The molecule has 0 heterocycles. The van der Waals surface area contributed by atoms with Crippen LogP contribution in [0.5, 0.6) is 0 Å². The lowest BCUT2D eigenvalue weighted by Crippen LogP contribution is -2.33. The number of amides is 1. The Morgan fingerprint density at radius 2 is 2.00 bits per heavy atom. The minimum Gasteiger partial charge on any atom is -0.481 e. The van der Waals surface area contributed by atoms with Gasteiger partial charge in [0.2, 0.25) is 5.91 Å². The minimum absolute atomic E-state index is 0.133. The van der Waals surface area contributed by atoms with Gasteiger partial charge in [-0.3, -0.25) is 9.59 Å². The Bertz CT molecular complexity index is 531. The van der Waals surface area contributed by atoms with E-state index in [4.69, 9.17) is 5.11 Å². The van der Waals surface area contributed by atoms with Gasteiger partial charge >= 0.3 is 12.1 Å². The number of carbonyl (C=O) groups is 2. The van der Waals surface area contributed by atoms with Crippen LogP contribution in [0, 0.1) is 5.92 Å². The van der Waals surface area contributed by atoms with Gasteiger partial charge in [-0.05, 0) is 24.6 Å². The van der Waals surface area contributed by atoms with Crippen LogP contribution in [0.2, 0.25) is 0 Å². The molecule has 2 N–H and O–H groups in total. The fourth-order valence-electron chi connectivity index (χ4n) is 1.41. The van der Waals surface area contributed by atoms with Gasteiger partial charge in [0.1, 0.15) is 5.92 Å². The number of halogens is 4. The fourth-order valence-corrected chi connectivity index (χ4v) is 1.78. The molecule has 110 valence electrons. The molecule has 1 unspecified atom stereocenters. The summed E-state index contributed by atoms with van der Waals surface area (Å²) in [5.41, 5.74) is -1.01. The van der Waals surface area contributed by atoms with Crippen LogP contribution in [0.25, 0.3) is 0 Å². The van der Waals surface area contributed by atoms with Crippen molar-refractivity contribution >= 4 is 27.8 Å². The predicted octanol–water partition coefficient (Wildman–Crippen LogP) is 2.80. The molecule has 1 amide bonds. The summed E-state index contributed by atoms with van der Waals surface area (Å²) in [6.07, 6.45) is -4.55. The molecule has 0 spiro atoms. The first-order chi connectivity index (χ1) is 9.12. The van der Waals surface area contributed by atoms with Crippen LogP contribution in [0.3, 0.4) is 0 Å². The third kappa shape index (κ3) is 4.22. The van der Waals surface area contributed by atoms with Gasteiger partial charge in [0, 0.05) is 11.0 Å². The number of hydrogen-bond donors (Lipinski definition) is 2. The molecule has 0 aromatic heterocycles. The number of benzene rings is 1. The molecular weight excluding hydrogens is 343 g/mol. The SMILES string of the molecule is CC(C(=O)O)C(=O)NCc1ccc(Br)cc1C(F)(F)F.